The molecule has 24 heavy (non-hydrogen) atoms. The van der Waals surface area contributed by atoms with Gasteiger partial charge in [-0.3, -0.25) is 4.79 Å². The summed E-state index contributed by atoms with van der Waals surface area (Å²) < 4.78 is 23.6. The number of aliphatic hydroxyl groups excluding tert-OH is 2. The standard InChI is InChI=1S/C16H17FN2O5/c17-10-2-1-3-11(6-10)23-9-15-18-12(8-24-15)16(22)19-5-4-13(20)14(21)7-19/h1-3,6,8,13-14,20-21H,4-5,7,9H2/t13-,14-/m1/s1. The van der Waals surface area contributed by atoms with Crippen molar-refractivity contribution in [3.05, 3.63) is 47.9 Å². The number of piperidine rings is 1. The molecule has 2 atom stereocenters. The largest absolute Gasteiger partial charge is 0.484 e. The number of ether oxygens (including phenoxy) is 1. The zero-order chi connectivity index (χ0) is 17.1. The highest BCUT2D eigenvalue weighted by Gasteiger charge is 2.30. The number of carbonyl (C=O) groups is 1. The van der Waals surface area contributed by atoms with Crippen molar-refractivity contribution in [1.29, 1.82) is 0 Å². The summed E-state index contributed by atoms with van der Waals surface area (Å²) in [4.78, 5) is 17.8. The zero-order valence-corrected chi connectivity index (χ0v) is 12.8. The van der Waals surface area contributed by atoms with Gasteiger partial charge in [-0.25, -0.2) is 9.37 Å². The molecule has 1 aromatic carbocycles. The Hall–Kier alpha value is -2.45. The summed E-state index contributed by atoms with van der Waals surface area (Å²) in [6.07, 6.45) is -0.267. The second-order valence-corrected chi connectivity index (χ2v) is 5.55. The van der Waals surface area contributed by atoms with E-state index < -0.39 is 18.0 Å². The third-order valence-corrected chi connectivity index (χ3v) is 3.76. The second kappa shape index (κ2) is 6.98. The maximum atomic E-state index is 13.1. The Bertz CT molecular complexity index is 720. The maximum absolute atomic E-state index is 13.1. The molecule has 0 saturated carbocycles. The molecule has 2 N–H and O–H groups in total. The van der Waals surface area contributed by atoms with E-state index in [1.807, 2.05) is 0 Å². The monoisotopic (exact) mass is 336 g/mol. The topological polar surface area (TPSA) is 96.0 Å². The van der Waals surface area contributed by atoms with E-state index in [4.69, 9.17) is 9.15 Å². The van der Waals surface area contributed by atoms with Crippen LogP contribution in [0.1, 0.15) is 22.8 Å². The Morgan fingerprint density at radius 2 is 2.25 bits per heavy atom. The van der Waals surface area contributed by atoms with Crippen molar-refractivity contribution in [2.75, 3.05) is 13.1 Å². The number of nitrogens with zero attached hydrogens (tertiary/aromatic N) is 2. The molecule has 1 saturated heterocycles. The fraction of sp³-hybridized carbons (Fsp3) is 0.375. The molecular weight excluding hydrogens is 319 g/mol. The molecule has 8 heteroatoms. The van der Waals surface area contributed by atoms with Crippen LogP contribution in [0, 0.1) is 5.82 Å². The van der Waals surface area contributed by atoms with Crippen LogP contribution in [-0.2, 0) is 6.61 Å². The second-order valence-electron chi connectivity index (χ2n) is 5.55. The van der Waals surface area contributed by atoms with E-state index in [0.29, 0.717) is 18.7 Å². The fourth-order valence-corrected chi connectivity index (χ4v) is 2.44. The predicted octanol–water partition coefficient (Wildman–Crippen LogP) is 0.960. The molecule has 1 aromatic heterocycles. The summed E-state index contributed by atoms with van der Waals surface area (Å²) in [6.45, 7) is 0.332. The first-order valence-corrected chi connectivity index (χ1v) is 7.51. The summed E-state index contributed by atoms with van der Waals surface area (Å²) in [6, 6.07) is 5.65. The van der Waals surface area contributed by atoms with Gasteiger partial charge in [0.1, 0.15) is 17.8 Å². The number of hydrogen-bond donors (Lipinski definition) is 2. The molecule has 0 radical (unpaired) electrons. The van der Waals surface area contributed by atoms with Crippen LogP contribution in [0.4, 0.5) is 4.39 Å². The van der Waals surface area contributed by atoms with E-state index in [9.17, 15) is 19.4 Å². The normalized spacial score (nSPS) is 20.9. The first kappa shape index (κ1) is 16.4. The van der Waals surface area contributed by atoms with Crippen molar-refractivity contribution >= 4 is 5.91 Å². The summed E-state index contributed by atoms with van der Waals surface area (Å²) in [5.41, 5.74) is 0.0939. The van der Waals surface area contributed by atoms with Gasteiger partial charge in [0.2, 0.25) is 5.89 Å². The van der Waals surface area contributed by atoms with Gasteiger partial charge >= 0.3 is 0 Å². The zero-order valence-electron chi connectivity index (χ0n) is 12.8. The molecule has 1 amide bonds. The van der Waals surface area contributed by atoms with E-state index in [1.54, 1.807) is 6.07 Å². The van der Waals surface area contributed by atoms with E-state index in [-0.39, 0.29) is 30.6 Å². The lowest BCUT2D eigenvalue weighted by Gasteiger charge is -2.32. The van der Waals surface area contributed by atoms with Crippen LogP contribution in [0.3, 0.4) is 0 Å². The Kier molecular flexibility index (Phi) is 4.77. The predicted molar refractivity (Wildman–Crippen MR) is 79.8 cm³/mol. The minimum Gasteiger partial charge on any atom is -0.484 e. The minimum atomic E-state index is -0.967. The molecule has 2 aromatic rings. The van der Waals surface area contributed by atoms with Gasteiger partial charge in [0.05, 0.1) is 12.2 Å². The van der Waals surface area contributed by atoms with Crippen molar-refractivity contribution in [1.82, 2.24) is 9.88 Å². The molecule has 128 valence electrons. The quantitative estimate of drug-likeness (QED) is 0.863. The lowest BCUT2D eigenvalue weighted by molar-refractivity contribution is -0.0323. The molecule has 3 rings (SSSR count). The van der Waals surface area contributed by atoms with Crippen LogP contribution in [0.25, 0.3) is 0 Å². The van der Waals surface area contributed by atoms with E-state index in [1.165, 1.54) is 29.4 Å². The van der Waals surface area contributed by atoms with Gasteiger partial charge < -0.3 is 24.3 Å². The molecule has 1 fully saturated rings. The average molecular weight is 336 g/mol. The molecule has 1 aliphatic rings. The highest BCUT2D eigenvalue weighted by molar-refractivity contribution is 5.92. The number of benzene rings is 1. The van der Waals surface area contributed by atoms with Crippen LogP contribution in [0.15, 0.2) is 34.9 Å². The van der Waals surface area contributed by atoms with Gasteiger partial charge in [-0.1, -0.05) is 6.07 Å². The Labute approximate surface area is 137 Å². The third-order valence-electron chi connectivity index (χ3n) is 3.76. The molecule has 1 aliphatic heterocycles. The van der Waals surface area contributed by atoms with Crippen molar-refractivity contribution in [3.8, 4) is 5.75 Å². The third kappa shape index (κ3) is 3.72. The number of amides is 1. The number of likely N-dealkylation sites (tertiary alicyclic amines) is 1. The van der Waals surface area contributed by atoms with Crippen molar-refractivity contribution in [2.45, 2.75) is 25.2 Å². The summed E-state index contributed by atoms with van der Waals surface area (Å²) in [5, 5.41) is 19.1. The molecule has 0 aliphatic carbocycles. The number of carbonyl (C=O) groups excluding carboxylic acids is 1. The van der Waals surface area contributed by atoms with Gasteiger partial charge in [-0.15, -0.1) is 0 Å². The fourth-order valence-electron chi connectivity index (χ4n) is 2.44. The van der Waals surface area contributed by atoms with Crippen LogP contribution < -0.4 is 4.74 Å². The van der Waals surface area contributed by atoms with Crippen molar-refractivity contribution in [3.63, 3.8) is 0 Å². The summed E-state index contributed by atoms with van der Waals surface area (Å²) >= 11 is 0. The molecule has 0 spiro atoms. The van der Waals surface area contributed by atoms with Gasteiger partial charge in [0.25, 0.3) is 5.91 Å². The van der Waals surface area contributed by atoms with Crippen LogP contribution in [-0.4, -0.2) is 51.3 Å². The first-order chi connectivity index (χ1) is 11.5. The molecule has 0 bridgehead atoms. The number of β-amino-alcohol motifs (C(OH)–C–C–N with tert-alkyl or cyclic N) is 1. The van der Waals surface area contributed by atoms with Gasteiger partial charge in [-0.05, 0) is 18.6 Å². The number of hydrogen-bond acceptors (Lipinski definition) is 6. The molecular formula is C16H17FN2O5. The van der Waals surface area contributed by atoms with E-state index >= 15 is 0 Å². The number of rotatable bonds is 4. The Morgan fingerprint density at radius 3 is 3.00 bits per heavy atom. The molecule has 2 heterocycles. The SMILES string of the molecule is O=C(c1coc(COc2cccc(F)c2)n1)N1CC[C@@H](O)[C@H](O)C1. The minimum absolute atomic E-state index is 0.0436. The summed E-state index contributed by atoms with van der Waals surface area (Å²) in [5.74, 6) is -0.294. The van der Waals surface area contributed by atoms with Crippen LogP contribution in [0.2, 0.25) is 0 Å². The average Bonchev–Trinajstić information content (AvgIpc) is 3.04. The molecule has 7 nitrogen and oxygen atoms in total. The van der Waals surface area contributed by atoms with Crippen LogP contribution >= 0.6 is 0 Å². The highest BCUT2D eigenvalue weighted by atomic mass is 19.1. The maximum Gasteiger partial charge on any atom is 0.275 e. The van der Waals surface area contributed by atoms with Gasteiger partial charge in [-0.2, -0.15) is 0 Å². The van der Waals surface area contributed by atoms with Gasteiger partial charge in [0.15, 0.2) is 12.3 Å². The Balaban J connectivity index is 1.59. The smallest absolute Gasteiger partial charge is 0.275 e. The number of oxazole rings is 1. The van der Waals surface area contributed by atoms with Crippen molar-refractivity contribution < 1.29 is 28.6 Å². The first-order valence-electron chi connectivity index (χ1n) is 7.51. The van der Waals surface area contributed by atoms with Crippen LogP contribution in [0.5, 0.6) is 5.75 Å². The molecule has 0 unspecified atom stereocenters. The number of aromatic nitrogens is 1. The lowest BCUT2D eigenvalue weighted by atomic mass is 10.0. The highest BCUT2D eigenvalue weighted by Crippen LogP contribution is 2.16. The van der Waals surface area contributed by atoms with E-state index in [2.05, 4.69) is 4.98 Å². The number of aliphatic hydroxyl groups is 2. The van der Waals surface area contributed by atoms with Gasteiger partial charge in [0, 0.05) is 19.2 Å². The lowest BCUT2D eigenvalue weighted by Crippen LogP contribution is -2.49. The Morgan fingerprint density at radius 1 is 1.42 bits per heavy atom. The number of halogens is 1. The van der Waals surface area contributed by atoms with Crippen molar-refractivity contribution in [2.24, 2.45) is 0 Å². The van der Waals surface area contributed by atoms with E-state index in [0.717, 1.165) is 0 Å². The summed E-state index contributed by atoms with van der Waals surface area (Å²) in [7, 11) is 0.